The van der Waals surface area contributed by atoms with Crippen molar-refractivity contribution in [2.75, 3.05) is 0 Å². The summed E-state index contributed by atoms with van der Waals surface area (Å²) in [5.41, 5.74) is 1.09. The van der Waals surface area contributed by atoms with Crippen LogP contribution >= 0.6 is 0 Å². The lowest BCUT2D eigenvalue weighted by atomic mass is 9.89. The number of allylic oxidation sites excluding steroid dienone is 4. The highest BCUT2D eigenvalue weighted by Crippen LogP contribution is 2.22. The molecule has 0 saturated heterocycles. The van der Waals surface area contributed by atoms with E-state index in [9.17, 15) is 4.79 Å². The highest BCUT2D eigenvalue weighted by Gasteiger charge is 2.21. The molecular formula is C14H14O. The largest absolute Gasteiger partial charge is 0.298 e. The van der Waals surface area contributed by atoms with Gasteiger partial charge in [0.2, 0.25) is 0 Å². The number of rotatable bonds is 3. The van der Waals surface area contributed by atoms with E-state index in [-0.39, 0.29) is 17.6 Å². The molecule has 0 N–H and O–H groups in total. The lowest BCUT2D eigenvalue weighted by Crippen LogP contribution is -2.16. The standard InChI is InChI=1S/C14H14O/c1-11(12-7-3-2-4-8-12)14(15)13-9-5-6-10-13/h2-11,13H,1H3. The maximum absolute atomic E-state index is 12.0. The minimum atomic E-state index is -0.0276. The van der Waals surface area contributed by atoms with Crippen molar-refractivity contribution < 1.29 is 4.79 Å². The first-order valence-corrected chi connectivity index (χ1v) is 5.22. The fraction of sp³-hybridized carbons (Fsp3) is 0.214. The molecule has 2 rings (SSSR count). The van der Waals surface area contributed by atoms with Gasteiger partial charge in [-0.3, -0.25) is 4.79 Å². The average molecular weight is 198 g/mol. The van der Waals surface area contributed by atoms with E-state index in [1.165, 1.54) is 0 Å². The number of carbonyl (C=O) groups is 1. The SMILES string of the molecule is CC(C(=O)C1C=CC=C1)c1ccccc1. The first-order valence-electron chi connectivity index (χ1n) is 5.22. The number of benzene rings is 1. The number of hydrogen-bond donors (Lipinski definition) is 0. The van der Waals surface area contributed by atoms with Gasteiger partial charge in [-0.05, 0) is 5.56 Å². The Balaban J connectivity index is 2.14. The molecule has 0 radical (unpaired) electrons. The second-order valence-electron chi connectivity index (χ2n) is 3.83. The molecule has 1 heteroatoms. The van der Waals surface area contributed by atoms with Crippen molar-refractivity contribution in [1.29, 1.82) is 0 Å². The summed E-state index contributed by atoms with van der Waals surface area (Å²) >= 11 is 0. The molecule has 76 valence electrons. The highest BCUT2D eigenvalue weighted by atomic mass is 16.1. The minimum Gasteiger partial charge on any atom is -0.298 e. The molecule has 15 heavy (non-hydrogen) atoms. The predicted octanol–water partition coefficient (Wildman–Crippen LogP) is 3.10. The van der Waals surface area contributed by atoms with Crippen molar-refractivity contribution in [2.24, 2.45) is 5.92 Å². The van der Waals surface area contributed by atoms with Crippen LogP contribution in [0.1, 0.15) is 18.4 Å². The molecule has 0 bridgehead atoms. The third-order valence-electron chi connectivity index (χ3n) is 2.80. The summed E-state index contributed by atoms with van der Waals surface area (Å²) in [7, 11) is 0. The third kappa shape index (κ3) is 2.07. The van der Waals surface area contributed by atoms with Gasteiger partial charge in [0.25, 0.3) is 0 Å². The fourth-order valence-corrected chi connectivity index (χ4v) is 1.82. The van der Waals surface area contributed by atoms with Crippen molar-refractivity contribution in [1.82, 2.24) is 0 Å². The van der Waals surface area contributed by atoms with Crippen LogP contribution in [0.3, 0.4) is 0 Å². The van der Waals surface area contributed by atoms with Crippen LogP contribution in [0.2, 0.25) is 0 Å². The molecule has 0 fully saturated rings. The number of ketones is 1. The van der Waals surface area contributed by atoms with Crippen molar-refractivity contribution >= 4 is 5.78 Å². The number of Topliss-reactive ketones (excluding diaryl/α,β-unsaturated/α-hetero) is 1. The highest BCUT2D eigenvalue weighted by molar-refractivity contribution is 5.90. The number of hydrogen-bond acceptors (Lipinski definition) is 1. The van der Waals surface area contributed by atoms with E-state index in [4.69, 9.17) is 0 Å². The second kappa shape index (κ2) is 4.26. The van der Waals surface area contributed by atoms with Crippen LogP contribution in [0, 0.1) is 5.92 Å². The maximum atomic E-state index is 12.0. The zero-order valence-corrected chi connectivity index (χ0v) is 8.76. The molecule has 1 nitrogen and oxygen atoms in total. The van der Waals surface area contributed by atoms with E-state index in [1.54, 1.807) is 0 Å². The topological polar surface area (TPSA) is 17.1 Å². The van der Waals surface area contributed by atoms with Gasteiger partial charge in [0.1, 0.15) is 0 Å². The van der Waals surface area contributed by atoms with Crippen molar-refractivity contribution in [3.63, 3.8) is 0 Å². The smallest absolute Gasteiger partial charge is 0.150 e. The maximum Gasteiger partial charge on any atom is 0.150 e. The quantitative estimate of drug-likeness (QED) is 0.729. The van der Waals surface area contributed by atoms with E-state index >= 15 is 0 Å². The lowest BCUT2D eigenvalue weighted by molar-refractivity contribution is -0.121. The van der Waals surface area contributed by atoms with Gasteiger partial charge in [0, 0.05) is 5.92 Å². The lowest BCUT2D eigenvalue weighted by Gasteiger charge is -2.13. The van der Waals surface area contributed by atoms with Crippen LogP contribution in [0.5, 0.6) is 0 Å². The van der Waals surface area contributed by atoms with Crippen LogP contribution in [-0.4, -0.2) is 5.78 Å². The van der Waals surface area contributed by atoms with Gasteiger partial charge < -0.3 is 0 Å². The first-order chi connectivity index (χ1) is 7.29. The third-order valence-corrected chi connectivity index (χ3v) is 2.80. The first kappa shape index (κ1) is 9.91. The molecule has 1 aliphatic carbocycles. The molecule has 0 aromatic heterocycles. The molecule has 1 aromatic carbocycles. The Morgan fingerprint density at radius 2 is 1.73 bits per heavy atom. The van der Waals surface area contributed by atoms with Crippen LogP contribution in [0.15, 0.2) is 54.6 Å². The Labute approximate surface area is 90.1 Å². The Bertz CT molecular complexity index is 389. The van der Waals surface area contributed by atoms with Crippen molar-refractivity contribution in [3.05, 3.63) is 60.2 Å². The van der Waals surface area contributed by atoms with Gasteiger partial charge in [-0.2, -0.15) is 0 Å². The Morgan fingerprint density at radius 1 is 1.13 bits per heavy atom. The zero-order valence-electron chi connectivity index (χ0n) is 8.76. The van der Waals surface area contributed by atoms with Gasteiger partial charge in [-0.1, -0.05) is 61.6 Å². The number of carbonyl (C=O) groups excluding carboxylic acids is 1. The van der Waals surface area contributed by atoms with Crippen LogP contribution in [-0.2, 0) is 4.79 Å². The molecule has 1 atom stereocenters. The monoisotopic (exact) mass is 198 g/mol. The van der Waals surface area contributed by atoms with E-state index in [0.29, 0.717) is 0 Å². The molecular weight excluding hydrogens is 184 g/mol. The van der Waals surface area contributed by atoms with Crippen LogP contribution in [0.4, 0.5) is 0 Å². The summed E-state index contributed by atoms with van der Waals surface area (Å²) in [6.45, 7) is 1.97. The van der Waals surface area contributed by atoms with Crippen LogP contribution in [0.25, 0.3) is 0 Å². The van der Waals surface area contributed by atoms with E-state index in [0.717, 1.165) is 5.56 Å². The molecule has 0 saturated carbocycles. The average Bonchev–Trinajstić information content (AvgIpc) is 2.82. The summed E-state index contributed by atoms with van der Waals surface area (Å²) in [5, 5.41) is 0. The van der Waals surface area contributed by atoms with Crippen LogP contribution < -0.4 is 0 Å². The molecule has 0 amide bonds. The molecule has 0 spiro atoms. The molecule has 0 heterocycles. The Kier molecular flexibility index (Phi) is 2.82. The summed E-state index contributed by atoms with van der Waals surface area (Å²) in [5.74, 6) is 0.218. The summed E-state index contributed by atoms with van der Waals surface area (Å²) in [6.07, 6.45) is 7.75. The van der Waals surface area contributed by atoms with Gasteiger partial charge in [-0.25, -0.2) is 0 Å². The summed E-state index contributed by atoms with van der Waals surface area (Å²) in [4.78, 5) is 12.0. The van der Waals surface area contributed by atoms with Crippen molar-refractivity contribution in [3.8, 4) is 0 Å². The van der Waals surface area contributed by atoms with E-state index in [2.05, 4.69) is 0 Å². The fourth-order valence-electron chi connectivity index (χ4n) is 1.82. The molecule has 1 aliphatic rings. The van der Waals surface area contributed by atoms with Gasteiger partial charge >= 0.3 is 0 Å². The zero-order chi connectivity index (χ0) is 10.7. The second-order valence-corrected chi connectivity index (χ2v) is 3.83. The van der Waals surface area contributed by atoms with Gasteiger partial charge in [0.15, 0.2) is 5.78 Å². The Morgan fingerprint density at radius 3 is 2.33 bits per heavy atom. The van der Waals surface area contributed by atoms with Crippen molar-refractivity contribution in [2.45, 2.75) is 12.8 Å². The Hall–Kier alpha value is -1.63. The summed E-state index contributed by atoms with van der Waals surface area (Å²) < 4.78 is 0. The molecule has 1 unspecified atom stereocenters. The van der Waals surface area contributed by atoms with Gasteiger partial charge in [-0.15, -0.1) is 0 Å². The summed E-state index contributed by atoms with van der Waals surface area (Å²) in [6, 6.07) is 9.92. The minimum absolute atomic E-state index is 0.0244. The predicted molar refractivity (Wildman–Crippen MR) is 61.6 cm³/mol. The molecule has 0 aliphatic heterocycles. The van der Waals surface area contributed by atoms with Gasteiger partial charge in [0.05, 0.1) is 5.92 Å². The van der Waals surface area contributed by atoms with E-state index < -0.39 is 0 Å². The normalized spacial score (nSPS) is 16.9. The molecule has 1 aromatic rings. The van der Waals surface area contributed by atoms with E-state index in [1.807, 2.05) is 61.6 Å².